The molecule has 1 aliphatic carbocycles. The summed E-state index contributed by atoms with van der Waals surface area (Å²) in [4.78, 5) is 12.3. The molecule has 20 heavy (non-hydrogen) atoms. The van der Waals surface area contributed by atoms with E-state index in [2.05, 4.69) is 5.32 Å². The Kier molecular flexibility index (Phi) is 2.60. The number of ether oxygens (including phenoxy) is 1. The van der Waals surface area contributed by atoms with Gasteiger partial charge in [0.05, 0.1) is 6.10 Å². The van der Waals surface area contributed by atoms with Crippen LogP contribution in [-0.2, 0) is 4.74 Å². The Bertz CT molecular complexity index is 675. The molecule has 0 unspecified atom stereocenters. The van der Waals surface area contributed by atoms with E-state index < -0.39 is 0 Å². The van der Waals surface area contributed by atoms with E-state index in [-0.39, 0.29) is 11.9 Å². The van der Waals surface area contributed by atoms with E-state index in [4.69, 9.17) is 9.15 Å². The Morgan fingerprint density at radius 1 is 1.35 bits per heavy atom. The van der Waals surface area contributed by atoms with Gasteiger partial charge in [0.15, 0.2) is 0 Å². The molecule has 1 N–H and O–H groups in total. The lowest BCUT2D eigenvalue weighted by atomic mass is 9.76. The number of nitrogens with one attached hydrogen (secondary N) is 1. The summed E-state index contributed by atoms with van der Waals surface area (Å²) in [6, 6.07) is 7.80. The second-order valence-electron chi connectivity index (χ2n) is 5.79. The highest BCUT2D eigenvalue weighted by Crippen LogP contribution is 2.38. The maximum atomic E-state index is 12.3. The normalized spacial score (nSPS) is 28.1. The molecule has 0 bridgehead atoms. The van der Waals surface area contributed by atoms with Gasteiger partial charge >= 0.3 is 0 Å². The highest BCUT2D eigenvalue weighted by Gasteiger charge is 2.45. The summed E-state index contributed by atoms with van der Waals surface area (Å²) in [6.45, 7) is 2.75. The zero-order valence-electron chi connectivity index (χ0n) is 11.4. The van der Waals surface area contributed by atoms with Crippen molar-refractivity contribution in [1.29, 1.82) is 0 Å². The summed E-state index contributed by atoms with van der Waals surface area (Å²) in [5.74, 6) is 1.38. The molecule has 1 amide bonds. The van der Waals surface area contributed by atoms with Crippen molar-refractivity contribution in [2.75, 3.05) is 6.61 Å². The number of carbonyl (C=O) groups is 1. The average Bonchev–Trinajstić information content (AvgIpc) is 2.96. The molecule has 2 heterocycles. The lowest BCUT2D eigenvalue weighted by Gasteiger charge is -2.39. The molecule has 2 fully saturated rings. The standard InChI is InChI=1S/C16H17NO3/c1-9-6-11-7-10(2-3-14(11)20-9)16(18)17-13-8-15-12(13)4-5-19-15/h2-3,6-7,12-13,15H,4-5,8H2,1H3,(H,17,18)/t12-,13+,15+/m1/s1. The fourth-order valence-corrected chi connectivity index (χ4v) is 3.33. The third-order valence-corrected chi connectivity index (χ3v) is 4.48. The van der Waals surface area contributed by atoms with Crippen LogP contribution < -0.4 is 5.32 Å². The van der Waals surface area contributed by atoms with E-state index in [9.17, 15) is 4.79 Å². The van der Waals surface area contributed by atoms with Crippen LogP contribution in [0.4, 0.5) is 0 Å². The van der Waals surface area contributed by atoms with Gasteiger partial charge in [0, 0.05) is 29.5 Å². The minimum Gasteiger partial charge on any atom is -0.461 e. The Labute approximate surface area is 117 Å². The molecule has 4 nitrogen and oxygen atoms in total. The molecule has 0 spiro atoms. The fourth-order valence-electron chi connectivity index (χ4n) is 3.33. The SMILES string of the molecule is Cc1cc2cc(C(=O)N[C@H]3C[C@@H]4OCC[C@H]34)ccc2o1. The van der Waals surface area contributed by atoms with Gasteiger partial charge < -0.3 is 14.5 Å². The van der Waals surface area contributed by atoms with Gasteiger partial charge in [0.2, 0.25) is 0 Å². The number of fused-ring (bicyclic) bond motifs is 2. The van der Waals surface area contributed by atoms with Crippen molar-refractivity contribution in [1.82, 2.24) is 5.32 Å². The van der Waals surface area contributed by atoms with Crippen molar-refractivity contribution in [3.8, 4) is 0 Å². The van der Waals surface area contributed by atoms with Gasteiger partial charge in [-0.2, -0.15) is 0 Å². The minimum atomic E-state index is 0.00102. The molecule has 1 saturated carbocycles. The van der Waals surface area contributed by atoms with Gasteiger partial charge in [0.1, 0.15) is 11.3 Å². The van der Waals surface area contributed by atoms with Crippen LogP contribution in [0.25, 0.3) is 11.0 Å². The first-order valence-electron chi connectivity index (χ1n) is 7.13. The Balaban J connectivity index is 1.51. The monoisotopic (exact) mass is 271 g/mol. The van der Waals surface area contributed by atoms with Gasteiger partial charge in [0.25, 0.3) is 5.91 Å². The van der Waals surface area contributed by atoms with E-state index in [0.717, 1.165) is 36.2 Å². The summed E-state index contributed by atoms with van der Waals surface area (Å²) in [5, 5.41) is 4.10. The molecule has 0 radical (unpaired) electrons. The number of benzene rings is 1. The molecular formula is C16H17NO3. The van der Waals surface area contributed by atoms with Crippen LogP contribution in [0, 0.1) is 12.8 Å². The topological polar surface area (TPSA) is 51.5 Å². The van der Waals surface area contributed by atoms with Crippen molar-refractivity contribution in [3.63, 3.8) is 0 Å². The second-order valence-corrected chi connectivity index (χ2v) is 5.79. The maximum absolute atomic E-state index is 12.3. The molecular weight excluding hydrogens is 254 g/mol. The van der Waals surface area contributed by atoms with Crippen LogP contribution in [0.5, 0.6) is 0 Å². The predicted molar refractivity (Wildman–Crippen MR) is 74.7 cm³/mol. The molecule has 1 saturated heterocycles. The lowest BCUT2D eigenvalue weighted by molar-refractivity contribution is 0.00810. The van der Waals surface area contributed by atoms with E-state index in [0.29, 0.717) is 17.6 Å². The van der Waals surface area contributed by atoms with Gasteiger partial charge in [-0.15, -0.1) is 0 Å². The Morgan fingerprint density at radius 3 is 3.10 bits per heavy atom. The number of aryl methyl sites for hydroxylation is 1. The summed E-state index contributed by atoms with van der Waals surface area (Å²) in [6.07, 6.45) is 2.39. The highest BCUT2D eigenvalue weighted by atomic mass is 16.5. The average molecular weight is 271 g/mol. The number of carbonyl (C=O) groups excluding carboxylic acids is 1. The smallest absolute Gasteiger partial charge is 0.251 e. The summed E-state index contributed by atoms with van der Waals surface area (Å²) in [7, 11) is 0. The number of amides is 1. The van der Waals surface area contributed by atoms with Crippen LogP contribution >= 0.6 is 0 Å². The number of furan rings is 1. The number of rotatable bonds is 2. The van der Waals surface area contributed by atoms with Gasteiger partial charge in [-0.3, -0.25) is 4.79 Å². The van der Waals surface area contributed by atoms with Crippen LogP contribution in [-0.4, -0.2) is 24.7 Å². The van der Waals surface area contributed by atoms with E-state index >= 15 is 0 Å². The van der Waals surface area contributed by atoms with Crippen molar-refractivity contribution in [3.05, 3.63) is 35.6 Å². The summed E-state index contributed by atoms with van der Waals surface area (Å²) < 4.78 is 11.1. The summed E-state index contributed by atoms with van der Waals surface area (Å²) >= 11 is 0. The van der Waals surface area contributed by atoms with Crippen LogP contribution in [0.1, 0.15) is 29.0 Å². The van der Waals surface area contributed by atoms with Crippen molar-refractivity contribution in [2.24, 2.45) is 5.92 Å². The summed E-state index contributed by atoms with van der Waals surface area (Å²) in [5.41, 5.74) is 1.52. The largest absolute Gasteiger partial charge is 0.461 e. The van der Waals surface area contributed by atoms with Crippen LogP contribution in [0.3, 0.4) is 0 Å². The second kappa shape index (κ2) is 4.35. The first-order valence-corrected chi connectivity index (χ1v) is 7.13. The van der Waals surface area contributed by atoms with E-state index in [1.54, 1.807) is 0 Å². The number of hydrogen-bond donors (Lipinski definition) is 1. The zero-order valence-corrected chi connectivity index (χ0v) is 11.4. The van der Waals surface area contributed by atoms with E-state index in [1.807, 2.05) is 31.2 Å². The molecule has 4 rings (SSSR count). The van der Waals surface area contributed by atoms with Gasteiger partial charge in [-0.05, 0) is 44.0 Å². The lowest BCUT2D eigenvalue weighted by Crippen LogP contribution is -2.53. The van der Waals surface area contributed by atoms with E-state index in [1.165, 1.54) is 0 Å². The third-order valence-electron chi connectivity index (χ3n) is 4.48. The molecule has 1 aromatic heterocycles. The minimum absolute atomic E-state index is 0.00102. The van der Waals surface area contributed by atoms with Gasteiger partial charge in [-0.25, -0.2) is 0 Å². The van der Waals surface area contributed by atoms with Gasteiger partial charge in [-0.1, -0.05) is 0 Å². The fraction of sp³-hybridized carbons (Fsp3) is 0.438. The molecule has 2 aliphatic rings. The Morgan fingerprint density at radius 2 is 2.25 bits per heavy atom. The van der Waals surface area contributed by atoms with Crippen molar-refractivity contribution < 1.29 is 13.9 Å². The molecule has 2 aromatic rings. The van der Waals surface area contributed by atoms with Crippen LogP contribution in [0.2, 0.25) is 0 Å². The van der Waals surface area contributed by atoms with Crippen LogP contribution in [0.15, 0.2) is 28.7 Å². The predicted octanol–water partition coefficient (Wildman–Crippen LogP) is 2.65. The quantitative estimate of drug-likeness (QED) is 0.913. The first-order chi connectivity index (χ1) is 9.70. The molecule has 3 atom stereocenters. The third kappa shape index (κ3) is 1.83. The van der Waals surface area contributed by atoms with Crippen molar-refractivity contribution >= 4 is 16.9 Å². The molecule has 4 heteroatoms. The molecule has 1 aromatic carbocycles. The highest BCUT2D eigenvalue weighted by molar-refractivity contribution is 5.98. The molecule has 104 valence electrons. The first kappa shape index (κ1) is 12.0. The molecule has 1 aliphatic heterocycles. The Hall–Kier alpha value is -1.81. The van der Waals surface area contributed by atoms with Crippen molar-refractivity contribution in [2.45, 2.75) is 31.9 Å². The maximum Gasteiger partial charge on any atom is 0.251 e. The number of hydrogen-bond acceptors (Lipinski definition) is 3. The zero-order chi connectivity index (χ0) is 13.7.